The number of benzene rings is 2. The van der Waals surface area contributed by atoms with E-state index >= 15 is 0 Å². The Labute approximate surface area is 207 Å². The maximum atomic E-state index is 14.6. The van der Waals surface area contributed by atoms with E-state index in [1.165, 1.54) is 11.0 Å². The average Bonchev–Trinajstić information content (AvgIpc) is 3.26. The van der Waals surface area contributed by atoms with Gasteiger partial charge in [-0.15, -0.1) is 5.10 Å². The summed E-state index contributed by atoms with van der Waals surface area (Å²) in [6, 6.07) is 10.3. The molecule has 9 heteroatoms. The van der Waals surface area contributed by atoms with Crippen LogP contribution in [-0.4, -0.2) is 27.4 Å². The second-order valence-corrected chi connectivity index (χ2v) is 9.78. The van der Waals surface area contributed by atoms with Crippen molar-refractivity contribution in [3.63, 3.8) is 0 Å². The molecule has 2 amide bonds. The van der Waals surface area contributed by atoms with Crippen molar-refractivity contribution in [1.82, 2.24) is 14.9 Å². The molecule has 0 radical (unpaired) electrons. The van der Waals surface area contributed by atoms with Crippen LogP contribution in [0.15, 0.2) is 42.5 Å². The Morgan fingerprint density at radius 2 is 1.82 bits per heavy atom. The Hall–Kier alpha value is -2.84. The number of hydrogen-bond donors (Lipinski definition) is 1. The molecule has 1 heterocycles. The van der Waals surface area contributed by atoms with Crippen molar-refractivity contribution < 1.29 is 14.0 Å². The fourth-order valence-electron chi connectivity index (χ4n) is 4.24. The van der Waals surface area contributed by atoms with Gasteiger partial charge in [0.15, 0.2) is 0 Å². The number of carbonyl (C=O) groups excluding carboxylic acids is 2. The minimum Gasteiger partial charge on any atom is -0.351 e. The van der Waals surface area contributed by atoms with Crippen LogP contribution < -0.4 is 10.2 Å². The van der Waals surface area contributed by atoms with Crippen molar-refractivity contribution in [2.24, 2.45) is 0 Å². The van der Waals surface area contributed by atoms with Gasteiger partial charge in [-0.2, -0.15) is 0 Å². The van der Waals surface area contributed by atoms with Gasteiger partial charge in [0, 0.05) is 16.8 Å². The first-order valence-electron chi connectivity index (χ1n) is 11.3. The van der Waals surface area contributed by atoms with Crippen LogP contribution in [0.25, 0.3) is 0 Å². The molecule has 34 heavy (non-hydrogen) atoms. The highest BCUT2D eigenvalue weighted by Gasteiger charge is 2.36. The van der Waals surface area contributed by atoms with Crippen LogP contribution in [-0.2, 0) is 4.79 Å². The van der Waals surface area contributed by atoms with Crippen LogP contribution in [0.3, 0.4) is 0 Å². The largest absolute Gasteiger partial charge is 0.351 e. The summed E-state index contributed by atoms with van der Waals surface area (Å²) in [7, 11) is 0. The highest BCUT2D eigenvalue weighted by Crippen LogP contribution is 2.33. The highest BCUT2D eigenvalue weighted by atomic mass is 35.5. The molecule has 4 rings (SSSR count). The van der Waals surface area contributed by atoms with E-state index in [0.29, 0.717) is 26.7 Å². The highest BCUT2D eigenvalue weighted by molar-refractivity contribution is 7.08. The fraction of sp³-hybridized carbons (Fsp3) is 0.360. The molecular weight excluding hydrogens is 475 g/mol. The van der Waals surface area contributed by atoms with Crippen LogP contribution in [0.2, 0.25) is 5.02 Å². The average molecular weight is 501 g/mol. The lowest BCUT2D eigenvalue weighted by atomic mass is 9.94. The molecule has 1 unspecified atom stereocenters. The zero-order valence-electron chi connectivity index (χ0n) is 19.1. The van der Waals surface area contributed by atoms with Crippen LogP contribution in [0.4, 0.5) is 10.1 Å². The molecule has 2 aromatic carbocycles. The smallest absolute Gasteiger partial charge is 0.272 e. The lowest BCUT2D eigenvalue weighted by molar-refractivity contribution is -0.123. The van der Waals surface area contributed by atoms with Crippen LogP contribution in [0.1, 0.15) is 64.6 Å². The second kappa shape index (κ2) is 10.6. The summed E-state index contributed by atoms with van der Waals surface area (Å²) in [6.45, 7) is 3.33. The number of aryl methyl sites for hydroxylation is 2. The van der Waals surface area contributed by atoms with Gasteiger partial charge in [-0.1, -0.05) is 53.6 Å². The zero-order chi connectivity index (χ0) is 24.2. The maximum absolute atomic E-state index is 14.6. The molecular formula is C25H26ClFN4O2S. The van der Waals surface area contributed by atoms with Crippen molar-refractivity contribution in [2.75, 3.05) is 4.90 Å². The Kier molecular flexibility index (Phi) is 7.58. The number of nitrogens with zero attached hydrogens (tertiary/aromatic N) is 3. The van der Waals surface area contributed by atoms with Gasteiger partial charge in [0.2, 0.25) is 5.91 Å². The zero-order valence-corrected chi connectivity index (χ0v) is 20.6. The molecule has 1 fully saturated rings. The van der Waals surface area contributed by atoms with Gasteiger partial charge in [-0.05, 0) is 73.6 Å². The topological polar surface area (TPSA) is 75.2 Å². The third kappa shape index (κ3) is 5.28. The van der Waals surface area contributed by atoms with Gasteiger partial charge in [0.25, 0.3) is 5.91 Å². The van der Waals surface area contributed by atoms with E-state index < -0.39 is 17.8 Å². The Morgan fingerprint density at radius 3 is 2.44 bits per heavy atom. The lowest BCUT2D eigenvalue weighted by Gasteiger charge is -2.33. The number of nitrogens with one attached hydrogen (secondary N) is 1. The number of carbonyl (C=O) groups is 2. The van der Waals surface area contributed by atoms with Gasteiger partial charge in [0.1, 0.15) is 16.7 Å². The van der Waals surface area contributed by atoms with Crippen LogP contribution in [0.5, 0.6) is 0 Å². The molecule has 0 bridgehead atoms. The molecule has 1 N–H and O–H groups in total. The minimum absolute atomic E-state index is 0.0366. The predicted octanol–water partition coefficient (Wildman–Crippen LogP) is 5.78. The number of hydrogen-bond acceptors (Lipinski definition) is 5. The summed E-state index contributed by atoms with van der Waals surface area (Å²) in [5.41, 5.74) is 1.75. The van der Waals surface area contributed by atoms with Gasteiger partial charge in [0.05, 0.1) is 5.69 Å². The van der Waals surface area contributed by atoms with E-state index in [1.807, 2.05) is 0 Å². The monoisotopic (exact) mass is 500 g/mol. The van der Waals surface area contributed by atoms with E-state index in [9.17, 15) is 14.0 Å². The quantitative estimate of drug-likeness (QED) is 0.465. The Morgan fingerprint density at radius 1 is 1.12 bits per heavy atom. The molecule has 0 saturated heterocycles. The summed E-state index contributed by atoms with van der Waals surface area (Å²) in [4.78, 5) is 29.2. The van der Waals surface area contributed by atoms with E-state index in [0.717, 1.165) is 43.6 Å². The van der Waals surface area contributed by atoms with Crippen molar-refractivity contribution in [2.45, 2.75) is 58.0 Å². The normalized spacial score (nSPS) is 15.1. The van der Waals surface area contributed by atoms with Gasteiger partial charge in [-0.25, -0.2) is 4.39 Å². The Balaban J connectivity index is 1.82. The number of halogens is 2. The van der Waals surface area contributed by atoms with Crippen molar-refractivity contribution in [3.8, 4) is 0 Å². The molecule has 1 atom stereocenters. The maximum Gasteiger partial charge on any atom is 0.272 e. The molecule has 178 valence electrons. The van der Waals surface area contributed by atoms with Crippen molar-refractivity contribution >= 4 is 40.6 Å². The van der Waals surface area contributed by atoms with Crippen molar-refractivity contribution in [1.29, 1.82) is 0 Å². The van der Waals surface area contributed by atoms with E-state index in [-0.39, 0.29) is 17.6 Å². The summed E-state index contributed by atoms with van der Waals surface area (Å²) >= 11 is 7.06. The Bertz CT molecular complexity index is 1180. The second-order valence-electron chi connectivity index (χ2n) is 8.59. The number of rotatable bonds is 6. The molecule has 1 aliphatic carbocycles. The van der Waals surface area contributed by atoms with E-state index in [4.69, 9.17) is 11.6 Å². The van der Waals surface area contributed by atoms with Crippen LogP contribution >= 0.6 is 23.1 Å². The third-order valence-corrected chi connectivity index (χ3v) is 7.21. The summed E-state index contributed by atoms with van der Waals surface area (Å²) in [5.74, 6) is -1.25. The van der Waals surface area contributed by atoms with Crippen LogP contribution in [0, 0.1) is 19.7 Å². The molecule has 6 nitrogen and oxygen atoms in total. The molecule has 0 aliphatic heterocycles. The van der Waals surface area contributed by atoms with E-state index in [1.54, 1.807) is 50.2 Å². The SMILES string of the molecule is Cc1ccc(N(C(=O)c2snnc2C)C(C(=O)NC2CCCCC2)c2ccc(Cl)cc2)cc1F. The number of aromatic nitrogens is 2. The predicted molar refractivity (Wildman–Crippen MR) is 132 cm³/mol. The molecule has 1 aromatic heterocycles. The molecule has 1 aliphatic rings. The summed E-state index contributed by atoms with van der Waals surface area (Å²) in [6.07, 6.45) is 5.04. The first-order chi connectivity index (χ1) is 16.3. The number of amides is 2. The fourth-order valence-corrected chi connectivity index (χ4v) is 4.96. The van der Waals surface area contributed by atoms with Gasteiger partial charge >= 0.3 is 0 Å². The standard InChI is InChI=1S/C25H26ClFN4O2S/c1-15-8-13-20(14-21(15)27)31(25(33)23-16(2)29-30-34-23)22(17-9-11-18(26)12-10-17)24(32)28-19-6-4-3-5-7-19/h8-14,19,22H,3-7H2,1-2H3,(H,28,32). The van der Waals surface area contributed by atoms with E-state index in [2.05, 4.69) is 14.9 Å². The first-order valence-corrected chi connectivity index (χ1v) is 12.4. The van der Waals surface area contributed by atoms with Gasteiger partial charge < -0.3 is 5.32 Å². The molecule has 0 spiro atoms. The summed E-state index contributed by atoms with van der Waals surface area (Å²) in [5, 5.41) is 7.60. The van der Waals surface area contributed by atoms with Crippen molar-refractivity contribution in [3.05, 3.63) is 75.0 Å². The molecule has 3 aromatic rings. The number of anilines is 1. The minimum atomic E-state index is -1.03. The third-order valence-electron chi connectivity index (χ3n) is 6.14. The van der Waals surface area contributed by atoms with Gasteiger partial charge in [-0.3, -0.25) is 14.5 Å². The first kappa shape index (κ1) is 24.3. The summed E-state index contributed by atoms with van der Waals surface area (Å²) < 4.78 is 18.5. The lowest BCUT2D eigenvalue weighted by Crippen LogP contribution is -2.47. The molecule has 1 saturated carbocycles.